The first-order valence-corrected chi connectivity index (χ1v) is 6.22. The number of ketones is 1. The number of hydrogen-bond donors (Lipinski definition) is 0. The number of para-hydroxylation sites is 1. The van der Waals surface area contributed by atoms with E-state index >= 15 is 0 Å². The first-order valence-electron chi connectivity index (χ1n) is 6.22. The number of benzene rings is 1. The Morgan fingerprint density at radius 1 is 1.39 bits per heavy atom. The van der Waals surface area contributed by atoms with Crippen LogP contribution < -0.4 is 4.74 Å². The lowest BCUT2D eigenvalue weighted by Gasteiger charge is -2.07. The molecule has 0 aliphatic carbocycles. The number of rotatable bonds is 2. The third-order valence-electron chi connectivity index (χ3n) is 2.81. The lowest BCUT2D eigenvalue weighted by atomic mass is 9.94. The van der Waals surface area contributed by atoms with Crippen molar-refractivity contribution in [1.29, 1.82) is 0 Å². The third-order valence-corrected chi connectivity index (χ3v) is 2.81. The molecule has 2 nitrogen and oxygen atoms in total. The van der Waals surface area contributed by atoms with E-state index in [9.17, 15) is 4.79 Å². The molecule has 0 radical (unpaired) electrons. The second-order valence-corrected chi connectivity index (χ2v) is 5.60. The first kappa shape index (κ1) is 12.7. The van der Waals surface area contributed by atoms with Gasteiger partial charge >= 0.3 is 0 Å². The number of fused-ring (bicyclic) bond motifs is 1. The van der Waals surface area contributed by atoms with E-state index in [0.29, 0.717) is 13.0 Å². The largest absolute Gasteiger partial charge is 0.492 e. The molecular weight excluding hydrogens is 224 g/mol. The van der Waals surface area contributed by atoms with E-state index in [4.69, 9.17) is 4.74 Å². The van der Waals surface area contributed by atoms with E-state index in [1.165, 1.54) is 0 Å². The molecule has 1 aliphatic rings. The van der Waals surface area contributed by atoms with Crippen molar-refractivity contribution in [2.75, 3.05) is 6.61 Å². The minimum Gasteiger partial charge on any atom is -0.492 e. The average Bonchev–Trinajstić information content (AvgIpc) is 2.70. The number of carbonyl (C=O) groups is 1. The van der Waals surface area contributed by atoms with Gasteiger partial charge in [0, 0.05) is 11.0 Å². The van der Waals surface area contributed by atoms with E-state index in [0.717, 1.165) is 11.3 Å². The van der Waals surface area contributed by atoms with Crippen molar-refractivity contribution in [2.45, 2.75) is 33.1 Å². The van der Waals surface area contributed by atoms with E-state index in [2.05, 4.69) is 11.8 Å². The molecule has 1 aliphatic heterocycles. The van der Waals surface area contributed by atoms with Crippen molar-refractivity contribution < 1.29 is 9.53 Å². The van der Waals surface area contributed by atoms with Crippen LogP contribution in [0.25, 0.3) is 0 Å². The predicted octanol–water partition coefficient (Wildman–Crippen LogP) is 3.17. The van der Waals surface area contributed by atoms with Crippen LogP contribution in [0.2, 0.25) is 0 Å². The van der Waals surface area contributed by atoms with Crippen molar-refractivity contribution >= 4 is 5.78 Å². The highest BCUT2D eigenvalue weighted by atomic mass is 16.5. The Bertz CT molecular complexity index is 512. The molecule has 0 amide bonds. The molecule has 1 atom stereocenters. The predicted molar refractivity (Wildman–Crippen MR) is 71.5 cm³/mol. The molecule has 2 rings (SSSR count). The highest BCUT2D eigenvalue weighted by Crippen LogP contribution is 2.34. The molecule has 0 aromatic heterocycles. The van der Waals surface area contributed by atoms with Gasteiger partial charge in [-0.15, -0.1) is 0 Å². The van der Waals surface area contributed by atoms with Gasteiger partial charge in [-0.2, -0.15) is 0 Å². The second-order valence-electron chi connectivity index (χ2n) is 5.60. The van der Waals surface area contributed by atoms with Crippen LogP contribution in [0.3, 0.4) is 0 Å². The number of carbonyl (C=O) groups excluding carboxylic acids is 1. The Morgan fingerprint density at radius 3 is 2.83 bits per heavy atom. The molecule has 1 unspecified atom stereocenters. The van der Waals surface area contributed by atoms with Crippen LogP contribution in [-0.4, -0.2) is 12.4 Å². The third kappa shape index (κ3) is 2.92. The number of hydrogen-bond acceptors (Lipinski definition) is 2. The van der Waals surface area contributed by atoms with E-state index in [1.54, 1.807) is 0 Å². The summed E-state index contributed by atoms with van der Waals surface area (Å²) in [5.74, 6) is 6.91. The molecule has 18 heavy (non-hydrogen) atoms. The molecular formula is C16H18O2. The summed E-state index contributed by atoms with van der Waals surface area (Å²) in [6.45, 7) is 6.57. The maximum atomic E-state index is 12.1. The van der Waals surface area contributed by atoms with Crippen LogP contribution in [-0.2, 0) is 4.79 Å². The Morgan fingerprint density at radius 2 is 2.11 bits per heavy atom. The normalized spacial score (nSPS) is 17.4. The molecule has 0 N–H and O–H groups in total. The average molecular weight is 242 g/mol. The Kier molecular flexibility index (Phi) is 3.43. The van der Waals surface area contributed by atoms with Crippen molar-refractivity contribution in [2.24, 2.45) is 5.41 Å². The van der Waals surface area contributed by atoms with Crippen molar-refractivity contribution in [3.8, 4) is 17.6 Å². The Balaban J connectivity index is 2.06. The zero-order valence-corrected chi connectivity index (χ0v) is 11.1. The van der Waals surface area contributed by atoms with Gasteiger partial charge in [-0.25, -0.2) is 0 Å². The van der Waals surface area contributed by atoms with Crippen LogP contribution in [0, 0.1) is 17.3 Å². The van der Waals surface area contributed by atoms with Crippen LogP contribution in [0.4, 0.5) is 0 Å². The lowest BCUT2D eigenvalue weighted by Crippen LogP contribution is -2.13. The molecule has 0 spiro atoms. The number of Topliss-reactive ketones (excluding diaryl/α,β-unsaturated/α-hetero) is 1. The summed E-state index contributed by atoms with van der Waals surface area (Å²) in [7, 11) is 0. The van der Waals surface area contributed by atoms with E-state index in [1.807, 2.05) is 45.0 Å². The highest BCUT2D eigenvalue weighted by Gasteiger charge is 2.29. The fourth-order valence-corrected chi connectivity index (χ4v) is 1.95. The maximum absolute atomic E-state index is 12.1. The summed E-state index contributed by atoms with van der Waals surface area (Å²) in [6.07, 6.45) is 0.305. The van der Waals surface area contributed by atoms with Crippen molar-refractivity contribution in [3.05, 3.63) is 29.8 Å². The molecule has 0 fully saturated rings. The van der Waals surface area contributed by atoms with Crippen LogP contribution >= 0.6 is 0 Å². The molecule has 94 valence electrons. The molecule has 1 heterocycles. The zero-order valence-electron chi connectivity index (χ0n) is 11.1. The Hall–Kier alpha value is -1.75. The van der Waals surface area contributed by atoms with Gasteiger partial charge in [-0.3, -0.25) is 4.79 Å². The summed E-state index contributed by atoms with van der Waals surface area (Å²) >= 11 is 0. The number of ether oxygens (including phenoxy) is 1. The summed E-state index contributed by atoms with van der Waals surface area (Å²) < 4.78 is 5.51. The van der Waals surface area contributed by atoms with Gasteiger partial charge in [-0.1, -0.05) is 30.0 Å². The van der Waals surface area contributed by atoms with Gasteiger partial charge in [0.05, 0.1) is 12.3 Å². The standard InChI is InChI=1S/C16H18O2/c1-16(2,3)10-6-8-14(17)13-11-18-15-9-5-4-7-12(13)15/h4-5,7,9,13H,8,11H2,1-3H3. The molecule has 1 aromatic rings. The Labute approximate surface area is 108 Å². The topological polar surface area (TPSA) is 26.3 Å². The van der Waals surface area contributed by atoms with Crippen LogP contribution in [0.5, 0.6) is 5.75 Å². The van der Waals surface area contributed by atoms with Crippen LogP contribution in [0.15, 0.2) is 24.3 Å². The fraction of sp³-hybridized carbons (Fsp3) is 0.438. The lowest BCUT2D eigenvalue weighted by molar-refractivity contribution is -0.119. The SMILES string of the molecule is CC(C)(C)C#CCC(=O)C1COc2ccccc21. The highest BCUT2D eigenvalue weighted by molar-refractivity contribution is 5.89. The van der Waals surface area contributed by atoms with Gasteiger partial charge in [-0.05, 0) is 26.8 Å². The van der Waals surface area contributed by atoms with Gasteiger partial charge in [0.25, 0.3) is 0 Å². The van der Waals surface area contributed by atoms with Gasteiger partial charge < -0.3 is 4.74 Å². The van der Waals surface area contributed by atoms with Crippen molar-refractivity contribution in [1.82, 2.24) is 0 Å². The van der Waals surface area contributed by atoms with Gasteiger partial charge in [0.15, 0.2) is 5.78 Å². The minimum atomic E-state index is -0.143. The summed E-state index contributed by atoms with van der Waals surface area (Å²) in [4.78, 5) is 12.1. The summed E-state index contributed by atoms with van der Waals surface area (Å²) in [5.41, 5.74) is 0.949. The second kappa shape index (κ2) is 4.86. The van der Waals surface area contributed by atoms with Gasteiger partial charge in [0.1, 0.15) is 12.4 Å². The van der Waals surface area contributed by atoms with Crippen LogP contribution in [0.1, 0.15) is 38.7 Å². The minimum absolute atomic E-state index is 0.0512. The van der Waals surface area contributed by atoms with E-state index in [-0.39, 0.29) is 17.1 Å². The molecule has 0 bridgehead atoms. The van der Waals surface area contributed by atoms with E-state index < -0.39 is 0 Å². The first-order chi connectivity index (χ1) is 8.47. The quantitative estimate of drug-likeness (QED) is 0.745. The molecule has 2 heteroatoms. The summed E-state index contributed by atoms with van der Waals surface area (Å²) in [6, 6.07) is 7.73. The fourth-order valence-electron chi connectivity index (χ4n) is 1.95. The molecule has 0 saturated heterocycles. The molecule has 1 aromatic carbocycles. The maximum Gasteiger partial charge on any atom is 0.155 e. The smallest absolute Gasteiger partial charge is 0.155 e. The zero-order chi connectivity index (χ0) is 13.2. The summed E-state index contributed by atoms with van der Waals surface area (Å²) in [5, 5.41) is 0. The molecule has 0 saturated carbocycles. The monoisotopic (exact) mass is 242 g/mol. The van der Waals surface area contributed by atoms with Crippen molar-refractivity contribution in [3.63, 3.8) is 0 Å². The van der Waals surface area contributed by atoms with Gasteiger partial charge in [0.2, 0.25) is 0 Å².